The molecule has 142 valence electrons. The molecule has 0 radical (unpaired) electrons. The van der Waals surface area contributed by atoms with E-state index in [4.69, 9.17) is 0 Å². The Morgan fingerprint density at radius 1 is 1.12 bits per heavy atom. The molecule has 1 nitrogen and oxygen atoms in total. The molecule has 0 aliphatic heterocycles. The molecule has 0 aromatic rings. The lowest BCUT2D eigenvalue weighted by atomic mass is 9.92. The van der Waals surface area contributed by atoms with Gasteiger partial charge in [0.25, 0.3) is 0 Å². The van der Waals surface area contributed by atoms with E-state index in [1.54, 1.807) is 0 Å². The van der Waals surface area contributed by atoms with Crippen LogP contribution in [0, 0.1) is 11.8 Å². The molecule has 1 aliphatic rings. The number of hydrogen-bond donors (Lipinski definition) is 1. The minimum atomic E-state index is 0.552. The van der Waals surface area contributed by atoms with Crippen LogP contribution in [-0.2, 0) is 0 Å². The molecule has 1 unspecified atom stereocenters. The molecule has 0 amide bonds. The van der Waals surface area contributed by atoms with Gasteiger partial charge >= 0.3 is 0 Å². The van der Waals surface area contributed by atoms with E-state index in [2.05, 4.69) is 58.9 Å². The molecule has 0 aromatic carbocycles. The fourth-order valence-corrected chi connectivity index (χ4v) is 3.26. The smallest absolute Gasteiger partial charge is 0.0957 e. The first-order valence-electron chi connectivity index (χ1n) is 10.4. The van der Waals surface area contributed by atoms with Crippen molar-refractivity contribution in [1.82, 2.24) is 0 Å². The van der Waals surface area contributed by atoms with Gasteiger partial charge in [0.1, 0.15) is 0 Å². The van der Waals surface area contributed by atoms with Crippen LogP contribution in [-0.4, -0.2) is 5.11 Å². The Bertz CT molecular complexity index is 502. The molecule has 1 rings (SSSR count). The Morgan fingerprint density at radius 3 is 2.52 bits per heavy atom. The van der Waals surface area contributed by atoms with Crippen LogP contribution in [0.5, 0.6) is 0 Å². The summed E-state index contributed by atoms with van der Waals surface area (Å²) in [6.07, 6.45) is 19.1. The topological polar surface area (TPSA) is 20.2 Å². The van der Waals surface area contributed by atoms with E-state index < -0.39 is 0 Å². The van der Waals surface area contributed by atoms with E-state index in [0.29, 0.717) is 17.6 Å². The summed E-state index contributed by atoms with van der Waals surface area (Å²) in [5, 5.41) is 10.7. The second-order valence-corrected chi connectivity index (χ2v) is 8.03. The Morgan fingerprint density at radius 2 is 1.84 bits per heavy atom. The number of aliphatic hydroxyl groups excluding tert-OH is 1. The third-order valence-electron chi connectivity index (χ3n) is 5.29. The highest BCUT2D eigenvalue weighted by Gasteiger charge is 2.15. The summed E-state index contributed by atoms with van der Waals surface area (Å²) in [6.45, 7) is 11.2. The van der Waals surface area contributed by atoms with E-state index in [0.717, 1.165) is 38.5 Å². The van der Waals surface area contributed by atoms with E-state index in [1.807, 2.05) is 0 Å². The predicted octanol–water partition coefficient (Wildman–Crippen LogP) is 8.06. The first-order chi connectivity index (χ1) is 12.0. The number of hydrogen-bond acceptors (Lipinski definition) is 1. The third-order valence-corrected chi connectivity index (χ3v) is 5.29. The highest BCUT2D eigenvalue weighted by Crippen LogP contribution is 2.32. The van der Waals surface area contributed by atoms with Crippen molar-refractivity contribution in [2.45, 2.75) is 92.4 Å². The standard InChI is InChI=1S/C24H40O/c1-6-7-9-12-20(4)21(5)16-17-22-13-10-8-11-14-23(22)24(25)18-15-19(2)3/h7,9,12,17,19,21,25H,6,8,10-11,13-16,18H2,1-5H3/b9-7-,20-12+,22-17+,24-23+. The molecule has 25 heavy (non-hydrogen) atoms. The average Bonchev–Trinajstić information content (AvgIpc) is 2.83. The minimum Gasteiger partial charge on any atom is -0.512 e. The van der Waals surface area contributed by atoms with Gasteiger partial charge in [0.15, 0.2) is 0 Å². The van der Waals surface area contributed by atoms with Gasteiger partial charge in [0, 0.05) is 6.42 Å². The maximum atomic E-state index is 10.7. The molecule has 0 aromatic heterocycles. The van der Waals surface area contributed by atoms with Crippen LogP contribution in [0.15, 0.2) is 46.8 Å². The molecule has 1 fully saturated rings. The number of allylic oxidation sites excluding steroid dienone is 8. The molecule has 1 aliphatic carbocycles. The molecular formula is C24H40O. The summed E-state index contributed by atoms with van der Waals surface area (Å²) >= 11 is 0. The zero-order chi connectivity index (χ0) is 18.7. The quantitative estimate of drug-likeness (QED) is 0.268. The van der Waals surface area contributed by atoms with Crippen LogP contribution in [0.25, 0.3) is 0 Å². The van der Waals surface area contributed by atoms with E-state index in [9.17, 15) is 5.11 Å². The van der Waals surface area contributed by atoms with Gasteiger partial charge in [0.05, 0.1) is 5.76 Å². The maximum absolute atomic E-state index is 10.7. The van der Waals surface area contributed by atoms with Crippen LogP contribution in [0.4, 0.5) is 0 Å². The average molecular weight is 345 g/mol. The molecule has 1 N–H and O–H groups in total. The van der Waals surface area contributed by atoms with Crippen molar-refractivity contribution in [1.29, 1.82) is 0 Å². The van der Waals surface area contributed by atoms with Gasteiger partial charge in [-0.15, -0.1) is 0 Å². The van der Waals surface area contributed by atoms with Gasteiger partial charge < -0.3 is 5.11 Å². The second kappa shape index (κ2) is 12.2. The summed E-state index contributed by atoms with van der Waals surface area (Å²) in [5.41, 5.74) is 4.12. The summed E-state index contributed by atoms with van der Waals surface area (Å²) in [4.78, 5) is 0. The van der Waals surface area contributed by atoms with Crippen molar-refractivity contribution < 1.29 is 5.11 Å². The summed E-state index contributed by atoms with van der Waals surface area (Å²) in [7, 11) is 0. The largest absolute Gasteiger partial charge is 0.512 e. The van der Waals surface area contributed by atoms with Crippen LogP contribution in [0.2, 0.25) is 0 Å². The molecule has 1 atom stereocenters. The zero-order valence-corrected chi connectivity index (χ0v) is 17.3. The first kappa shape index (κ1) is 21.8. The monoisotopic (exact) mass is 344 g/mol. The minimum absolute atomic E-state index is 0.552. The highest BCUT2D eigenvalue weighted by atomic mass is 16.3. The van der Waals surface area contributed by atoms with Gasteiger partial charge in [-0.25, -0.2) is 0 Å². The van der Waals surface area contributed by atoms with Gasteiger partial charge in [-0.1, -0.05) is 64.0 Å². The van der Waals surface area contributed by atoms with Crippen LogP contribution >= 0.6 is 0 Å². The normalized spacial score (nSPS) is 21.8. The van der Waals surface area contributed by atoms with Crippen molar-refractivity contribution in [2.24, 2.45) is 11.8 Å². The van der Waals surface area contributed by atoms with Crippen LogP contribution in [0.1, 0.15) is 92.4 Å². The predicted molar refractivity (Wildman–Crippen MR) is 112 cm³/mol. The van der Waals surface area contributed by atoms with Crippen molar-refractivity contribution in [3.63, 3.8) is 0 Å². The van der Waals surface area contributed by atoms with Gasteiger partial charge in [-0.3, -0.25) is 0 Å². The second-order valence-electron chi connectivity index (χ2n) is 8.03. The lowest BCUT2D eigenvalue weighted by molar-refractivity contribution is 0.363. The lowest BCUT2D eigenvalue weighted by Gasteiger charge is -2.15. The van der Waals surface area contributed by atoms with E-state index >= 15 is 0 Å². The van der Waals surface area contributed by atoms with Crippen molar-refractivity contribution >= 4 is 0 Å². The van der Waals surface area contributed by atoms with E-state index in [-0.39, 0.29) is 0 Å². The first-order valence-corrected chi connectivity index (χ1v) is 10.4. The van der Waals surface area contributed by atoms with Crippen LogP contribution < -0.4 is 0 Å². The Balaban J connectivity index is 2.85. The molecule has 1 saturated carbocycles. The van der Waals surface area contributed by atoms with Crippen molar-refractivity contribution in [2.75, 3.05) is 0 Å². The zero-order valence-electron chi connectivity index (χ0n) is 17.3. The molecular weight excluding hydrogens is 304 g/mol. The summed E-state index contributed by atoms with van der Waals surface area (Å²) in [5.74, 6) is 1.86. The summed E-state index contributed by atoms with van der Waals surface area (Å²) in [6, 6.07) is 0. The Hall–Kier alpha value is -1.24. The van der Waals surface area contributed by atoms with Gasteiger partial charge in [-0.05, 0) is 74.9 Å². The highest BCUT2D eigenvalue weighted by molar-refractivity contribution is 5.34. The lowest BCUT2D eigenvalue weighted by Crippen LogP contribution is -2.00. The molecule has 0 spiro atoms. The SMILES string of the molecule is CC/C=C\C=C(/C)C(C)C/C=C1\CCCCC\C1=C(/O)CCC(C)C. The molecule has 1 heteroatoms. The van der Waals surface area contributed by atoms with Crippen molar-refractivity contribution in [3.8, 4) is 0 Å². The van der Waals surface area contributed by atoms with Gasteiger partial charge in [-0.2, -0.15) is 0 Å². The van der Waals surface area contributed by atoms with E-state index in [1.165, 1.54) is 36.0 Å². The molecule has 0 bridgehead atoms. The van der Waals surface area contributed by atoms with Gasteiger partial charge in [0.2, 0.25) is 0 Å². The summed E-state index contributed by atoms with van der Waals surface area (Å²) < 4.78 is 0. The fourth-order valence-electron chi connectivity index (χ4n) is 3.26. The Labute approximate surface area is 156 Å². The number of aliphatic hydroxyl groups is 1. The molecule has 0 heterocycles. The molecule has 0 saturated heterocycles. The van der Waals surface area contributed by atoms with Crippen LogP contribution in [0.3, 0.4) is 0 Å². The Kier molecular flexibility index (Phi) is 10.6. The fraction of sp³-hybridized carbons (Fsp3) is 0.667. The van der Waals surface area contributed by atoms with Crippen molar-refractivity contribution in [3.05, 3.63) is 46.8 Å². The maximum Gasteiger partial charge on any atom is 0.0957 e. The third kappa shape index (κ3) is 8.61. The number of rotatable bonds is 8.